The third kappa shape index (κ3) is 3.61. The molecule has 0 bridgehead atoms. The normalized spacial score (nSPS) is 17.9. The molecule has 1 fully saturated rings. The Labute approximate surface area is 127 Å². The molecule has 0 aromatic carbocycles. The van der Waals surface area contributed by atoms with Crippen LogP contribution >= 0.6 is 35.3 Å². The second-order valence-corrected chi connectivity index (χ2v) is 8.02. The van der Waals surface area contributed by atoms with Crippen molar-refractivity contribution in [1.29, 1.82) is 0 Å². The summed E-state index contributed by atoms with van der Waals surface area (Å²) in [4.78, 5) is 11.0. The Hall–Kier alpha value is -0.340. The fourth-order valence-corrected chi connectivity index (χ4v) is 5.05. The number of carbonyl (C=O) groups excluding carboxylic acids is 1. The molecule has 0 radical (unpaired) electrons. The number of thiophene rings is 1. The van der Waals surface area contributed by atoms with Gasteiger partial charge in [0.05, 0.1) is 4.34 Å². The van der Waals surface area contributed by atoms with Gasteiger partial charge in [0.25, 0.3) is 10.0 Å². The Balaban J connectivity index is 0.00000180. The van der Waals surface area contributed by atoms with Gasteiger partial charge in [-0.15, -0.1) is 23.7 Å². The maximum atomic E-state index is 12.2. The molecular weight excluding hydrogens is 331 g/mol. The quantitative estimate of drug-likeness (QED) is 0.906. The van der Waals surface area contributed by atoms with Crippen molar-refractivity contribution >= 4 is 51.3 Å². The largest absolute Gasteiger partial charge is 0.369 e. The number of halogens is 2. The number of nitrogens with two attached hydrogens (primary N) is 1. The minimum absolute atomic E-state index is 0. The summed E-state index contributed by atoms with van der Waals surface area (Å²) in [6.07, 6.45) is 0.960. The molecule has 1 aromatic heterocycles. The number of hydrogen-bond donors (Lipinski definition) is 1. The smallest absolute Gasteiger partial charge is 0.252 e. The van der Waals surface area contributed by atoms with Gasteiger partial charge in [0.2, 0.25) is 5.91 Å². The maximum Gasteiger partial charge on any atom is 0.252 e. The number of carbonyl (C=O) groups is 1. The Bertz CT molecular complexity index is 551. The van der Waals surface area contributed by atoms with Gasteiger partial charge >= 0.3 is 0 Å². The lowest BCUT2D eigenvalue weighted by atomic mass is 9.98. The highest BCUT2D eigenvalue weighted by atomic mass is 35.5. The van der Waals surface area contributed by atoms with Crippen LogP contribution in [0.2, 0.25) is 4.34 Å². The summed E-state index contributed by atoms with van der Waals surface area (Å²) >= 11 is 6.78. The Kier molecular flexibility index (Phi) is 5.64. The van der Waals surface area contributed by atoms with Crippen molar-refractivity contribution in [1.82, 2.24) is 4.31 Å². The lowest BCUT2D eigenvalue weighted by Crippen LogP contribution is -2.41. The van der Waals surface area contributed by atoms with Gasteiger partial charge in [-0.05, 0) is 25.0 Å². The Morgan fingerprint density at radius 3 is 2.37 bits per heavy atom. The molecule has 2 rings (SSSR count). The van der Waals surface area contributed by atoms with Gasteiger partial charge in [0.15, 0.2) is 0 Å². The summed E-state index contributed by atoms with van der Waals surface area (Å²) in [6, 6.07) is 3.07. The minimum atomic E-state index is -3.48. The van der Waals surface area contributed by atoms with Gasteiger partial charge in [0, 0.05) is 19.0 Å². The average molecular weight is 345 g/mol. The highest BCUT2D eigenvalue weighted by Gasteiger charge is 2.31. The summed E-state index contributed by atoms with van der Waals surface area (Å²) in [5.41, 5.74) is 5.21. The second kappa shape index (κ2) is 6.41. The molecule has 1 aromatic rings. The molecule has 1 saturated heterocycles. The SMILES string of the molecule is Cl.NC(=O)C1CCN(S(=O)(=O)c2ccc(Cl)s2)CC1. The molecule has 1 amide bonds. The fourth-order valence-electron chi connectivity index (χ4n) is 1.94. The van der Waals surface area contributed by atoms with E-state index in [4.69, 9.17) is 17.3 Å². The van der Waals surface area contributed by atoms with Crippen LogP contribution in [0.3, 0.4) is 0 Å². The molecule has 0 aliphatic carbocycles. The monoisotopic (exact) mass is 344 g/mol. The molecule has 0 atom stereocenters. The van der Waals surface area contributed by atoms with Crippen molar-refractivity contribution < 1.29 is 13.2 Å². The van der Waals surface area contributed by atoms with E-state index in [2.05, 4.69) is 0 Å². The first-order valence-electron chi connectivity index (χ1n) is 5.46. The molecular formula is C10H14Cl2N2O3S2. The summed E-state index contributed by atoms with van der Waals surface area (Å²) < 4.78 is 26.5. The van der Waals surface area contributed by atoms with Crippen LogP contribution < -0.4 is 5.73 Å². The second-order valence-electron chi connectivity index (χ2n) is 4.14. The van der Waals surface area contributed by atoms with Crippen LogP contribution in [0.25, 0.3) is 0 Å². The number of rotatable bonds is 3. The van der Waals surface area contributed by atoms with E-state index >= 15 is 0 Å². The third-order valence-electron chi connectivity index (χ3n) is 3.00. The molecule has 1 aliphatic heterocycles. The zero-order chi connectivity index (χ0) is 13.3. The number of primary amides is 1. The molecule has 1 aliphatic rings. The predicted octanol–water partition coefficient (Wildman–Crippen LogP) is 1.71. The van der Waals surface area contributed by atoms with Gasteiger partial charge < -0.3 is 5.73 Å². The van der Waals surface area contributed by atoms with Gasteiger partial charge in [-0.3, -0.25) is 4.79 Å². The first-order chi connectivity index (χ1) is 8.41. The van der Waals surface area contributed by atoms with Crippen LogP contribution in [0.1, 0.15) is 12.8 Å². The van der Waals surface area contributed by atoms with Crippen LogP contribution in [0, 0.1) is 5.92 Å². The zero-order valence-corrected chi connectivity index (χ0v) is 13.1. The molecule has 19 heavy (non-hydrogen) atoms. The standard InChI is InChI=1S/C10H13ClN2O3S2.ClH/c11-8-1-2-9(17-8)18(15,16)13-5-3-7(4-6-13)10(12)14;/h1-2,7H,3-6H2,(H2,12,14);1H. The Morgan fingerprint density at radius 1 is 1.37 bits per heavy atom. The van der Waals surface area contributed by atoms with E-state index in [0.717, 1.165) is 11.3 Å². The number of amides is 1. The molecule has 9 heteroatoms. The van der Waals surface area contributed by atoms with Crippen molar-refractivity contribution in [3.63, 3.8) is 0 Å². The van der Waals surface area contributed by atoms with Crippen molar-refractivity contribution in [2.24, 2.45) is 11.7 Å². The molecule has 0 unspecified atom stereocenters. The minimum Gasteiger partial charge on any atom is -0.369 e. The lowest BCUT2D eigenvalue weighted by molar-refractivity contribution is -0.122. The lowest BCUT2D eigenvalue weighted by Gasteiger charge is -2.29. The Morgan fingerprint density at radius 2 is 1.95 bits per heavy atom. The summed E-state index contributed by atoms with van der Waals surface area (Å²) in [5, 5.41) is 0. The summed E-state index contributed by atoms with van der Waals surface area (Å²) in [5.74, 6) is -0.574. The van der Waals surface area contributed by atoms with E-state index < -0.39 is 10.0 Å². The van der Waals surface area contributed by atoms with Crippen LogP contribution in [0.5, 0.6) is 0 Å². The third-order valence-corrected chi connectivity index (χ3v) is 6.60. The zero-order valence-electron chi connectivity index (χ0n) is 9.91. The van der Waals surface area contributed by atoms with Crippen molar-refractivity contribution in [2.45, 2.75) is 17.1 Å². The topological polar surface area (TPSA) is 80.5 Å². The molecule has 2 heterocycles. The van der Waals surface area contributed by atoms with Crippen LogP contribution in [-0.4, -0.2) is 31.7 Å². The van der Waals surface area contributed by atoms with Crippen molar-refractivity contribution in [2.75, 3.05) is 13.1 Å². The van der Waals surface area contributed by atoms with Crippen LogP contribution in [0.15, 0.2) is 16.3 Å². The number of hydrogen-bond acceptors (Lipinski definition) is 4. The highest BCUT2D eigenvalue weighted by Crippen LogP contribution is 2.30. The average Bonchev–Trinajstić information content (AvgIpc) is 2.76. The first kappa shape index (κ1) is 16.7. The van der Waals surface area contributed by atoms with Crippen molar-refractivity contribution in [3.8, 4) is 0 Å². The van der Waals surface area contributed by atoms with Gasteiger partial charge in [-0.25, -0.2) is 8.42 Å². The summed E-state index contributed by atoms with van der Waals surface area (Å²) in [7, 11) is -3.48. The van der Waals surface area contributed by atoms with Crippen molar-refractivity contribution in [3.05, 3.63) is 16.5 Å². The van der Waals surface area contributed by atoms with E-state index in [0.29, 0.717) is 30.3 Å². The number of nitrogens with zero attached hydrogens (tertiary/aromatic N) is 1. The molecule has 5 nitrogen and oxygen atoms in total. The molecule has 0 spiro atoms. The van der Waals surface area contributed by atoms with E-state index in [1.165, 1.54) is 10.4 Å². The fraction of sp³-hybridized carbons (Fsp3) is 0.500. The van der Waals surface area contributed by atoms with E-state index in [1.54, 1.807) is 6.07 Å². The maximum absolute atomic E-state index is 12.2. The molecule has 0 saturated carbocycles. The number of sulfonamides is 1. The summed E-state index contributed by atoms with van der Waals surface area (Å²) in [6.45, 7) is 0.650. The van der Waals surface area contributed by atoms with E-state index in [9.17, 15) is 13.2 Å². The van der Waals surface area contributed by atoms with Gasteiger partial charge in [0.1, 0.15) is 4.21 Å². The molecule has 2 N–H and O–H groups in total. The van der Waals surface area contributed by atoms with Crippen LogP contribution in [-0.2, 0) is 14.8 Å². The number of piperidine rings is 1. The predicted molar refractivity (Wildman–Crippen MR) is 77.3 cm³/mol. The van der Waals surface area contributed by atoms with E-state index in [-0.39, 0.29) is 28.4 Å². The molecule has 108 valence electrons. The van der Waals surface area contributed by atoms with Crippen LogP contribution in [0.4, 0.5) is 0 Å². The highest BCUT2D eigenvalue weighted by molar-refractivity contribution is 7.91. The van der Waals surface area contributed by atoms with E-state index in [1.807, 2.05) is 0 Å². The van der Waals surface area contributed by atoms with Gasteiger partial charge in [-0.2, -0.15) is 4.31 Å². The first-order valence-corrected chi connectivity index (χ1v) is 8.09. The van der Waals surface area contributed by atoms with Gasteiger partial charge in [-0.1, -0.05) is 11.6 Å².